The lowest BCUT2D eigenvalue weighted by Crippen LogP contribution is -2.38. The van der Waals surface area contributed by atoms with Gasteiger partial charge >= 0.3 is 5.97 Å². The van der Waals surface area contributed by atoms with E-state index in [0.29, 0.717) is 17.7 Å². The van der Waals surface area contributed by atoms with Crippen molar-refractivity contribution in [2.75, 3.05) is 12.4 Å². The van der Waals surface area contributed by atoms with Crippen LogP contribution in [0.15, 0.2) is 73.0 Å². The molecule has 0 aliphatic rings. The molecule has 0 fully saturated rings. The second kappa shape index (κ2) is 21.1. The van der Waals surface area contributed by atoms with E-state index in [2.05, 4.69) is 43.1 Å². The molecule has 0 saturated carbocycles. The van der Waals surface area contributed by atoms with Crippen LogP contribution < -0.4 is 20.7 Å². The number of ether oxygens (including phenoxy) is 1. The van der Waals surface area contributed by atoms with E-state index in [-0.39, 0.29) is 12.3 Å². The summed E-state index contributed by atoms with van der Waals surface area (Å²) >= 11 is 0. The van der Waals surface area contributed by atoms with Gasteiger partial charge in [0.1, 0.15) is 11.8 Å². The molecule has 0 aromatic heterocycles. The van der Waals surface area contributed by atoms with E-state index in [9.17, 15) is 14.4 Å². The van der Waals surface area contributed by atoms with Gasteiger partial charge in [-0.1, -0.05) is 64.5 Å². The van der Waals surface area contributed by atoms with Crippen molar-refractivity contribution in [3.63, 3.8) is 0 Å². The van der Waals surface area contributed by atoms with Crippen molar-refractivity contribution >= 4 is 35.9 Å². The Balaban J connectivity index is 0.00000257. The first-order chi connectivity index (χ1) is 20.1. The number of unbranched alkanes of at least 4 members (excludes halogenated alkanes) is 1. The van der Waals surface area contributed by atoms with Gasteiger partial charge in [-0.3, -0.25) is 14.4 Å². The zero-order chi connectivity index (χ0) is 32.1. The van der Waals surface area contributed by atoms with E-state index < -0.39 is 17.9 Å². The molecular weight excluding hydrogens is 532 g/mol. The Hall–Kier alpha value is -4.66. The van der Waals surface area contributed by atoms with Gasteiger partial charge in [0, 0.05) is 34.6 Å². The molecule has 9 nitrogen and oxygen atoms in total. The number of hydrogen-bond acceptors (Lipinski definition) is 6. The lowest BCUT2D eigenvalue weighted by Gasteiger charge is -2.15. The van der Waals surface area contributed by atoms with Crippen molar-refractivity contribution in [2.45, 2.75) is 66.3 Å². The van der Waals surface area contributed by atoms with E-state index in [1.165, 1.54) is 31.9 Å². The molecule has 9 heteroatoms. The molecule has 2 aromatic rings. The number of aryl methyl sites for hydroxylation is 1. The average molecular weight is 579 g/mol. The van der Waals surface area contributed by atoms with Crippen LogP contribution in [-0.2, 0) is 9.59 Å². The zero-order valence-corrected chi connectivity index (χ0v) is 25.7. The van der Waals surface area contributed by atoms with Gasteiger partial charge in [-0.05, 0) is 69.0 Å². The Labute approximate surface area is 250 Å². The summed E-state index contributed by atoms with van der Waals surface area (Å²) in [6.45, 7) is 16.0. The van der Waals surface area contributed by atoms with Crippen LogP contribution in [0, 0.1) is 12.3 Å². The number of carboxylic acid groups (broad SMARTS) is 1. The van der Waals surface area contributed by atoms with Crippen molar-refractivity contribution < 1.29 is 24.2 Å². The number of hydrogen-bond donors (Lipinski definition) is 5. The summed E-state index contributed by atoms with van der Waals surface area (Å²) in [5.41, 5.74) is 4.50. The van der Waals surface area contributed by atoms with Gasteiger partial charge in [0.05, 0.1) is 7.11 Å². The number of carboxylic acids is 1. The maximum Gasteiger partial charge on any atom is 0.325 e. The van der Waals surface area contributed by atoms with Gasteiger partial charge in [0.15, 0.2) is 0 Å². The van der Waals surface area contributed by atoms with E-state index in [1.54, 1.807) is 25.3 Å². The van der Waals surface area contributed by atoms with E-state index in [0.717, 1.165) is 28.3 Å². The Kier molecular flexibility index (Phi) is 18.8. The van der Waals surface area contributed by atoms with Gasteiger partial charge in [0.25, 0.3) is 5.91 Å². The number of carbonyl (C=O) groups is 3. The number of nitrogens with one attached hydrogen (secondary N) is 4. The standard InChI is InChI=1S/C28H33N3O5.C4H10.CH3N/c1-6-8-24(21-10-9-18(3)25(17-21)36-5)30-22(7-2)15-16-26(32)31-23-13-11-20(12-14-23)27(33)29-19(4)28(34)35;1-3-4-2;1-2/h6,8-15,17,19,30H,1,7,16H2,2-5H3,(H,29,33)(H,31,32)(H,34,35);3-4H2,1-2H3;2H,1H2/b22-15-,24-8-;;. The molecule has 1 atom stereocenters. The maximum absolute atomic E-state index is 12.5. The van der Waals surface area contributed by atoms with Crippen molar-refractivity contribution in [3.8, 4) is 5.75 Å². The minimum absolute atomic E-state index is 0.146. The molecule has 228 valence electrons. The first kappa shape index (κ1) is 37.3. The normalized spacial score (nSPS) is 11.4. The highest BCUT2D eigenvalue weighted by Gasteiger charge is 2.15. The van der Waals surface area contributed by atoms with Crippen molar-refractivity contribution in [2.24, 2.45) is 0 Å². The molecule has 2 rings (SSSR count). The molecule has 2 amide bonds. The molecule has 0 bridgehead atoms. The second-order valence-corrected chi connectivity index (χ2v) is 9.07. The Bertz CT molecular complexity index is 1220. The molecule has 0 aliphatic carbocycles. The summed E-state index contributed by atoms with van der Waals surface area (Å²) in [4.78, 5) is 35.5. The number of allylic oxidation sites excluding steroid dienone is 3. The summed E-state index contributed by atoms with van der Waals surface area (Å²) in [7, 11) is 1.63. The summed E-state index contributed by atoms with van der Waals surface area (Å²) in [5, 5.41) is 23.0. The highest BCUT2D eigenvalue weighted by Crippen LogP contribution is 2.24. The number of rotatable bonds is 13. The third-order valence-electron chi connectivity index (χ3n) is 5.86. The summed E-state index contributed by atoms with van der Waals surface area (Å²) in [6.07, 6.45) is 8.85. The topological polar surface area (TPSA) is 141 Å². The minimum atomic E-state index is -1.12. The van der Waals surface area contributed by atoms with Gasteiger partial charge in [-0.25, -0.2) is 0 Å². The van der Waals surface area contributed by atoms with Crippen LogP contribution in [0.3, 0.4) is 0 Å². The van der Waals surface area contributed by atoms with E-state index in [4.69, 9.17) is 15.3 Å². The highest BCUT2D eigenvalue weighted by molar-refractivity contribution is 5.97. The zero-order valence-electron chi connectivity index (χ0n) is 25.7. The molecule has 0 heterocycles. The number of aliphatic carboxylic acids is 1. The lowest BCUT2D eigenvalue weighted by atomic mass is 10.1. The molecule has 0 saturated heterocycles. The predicted molar refractivity (Wildman–Crippen MR) is 172 cm³/mol. The van der Waals surface area contributed by atoms with Crippen LogP contribution in [0.2, 0.25) is 0 Å². The fraction of sp³-hybridized carbons (Fsp3) is 0.333. The molecule has 2 aromatic carbocycles. The molecule has 0 aliphatic heterocycles. The maximum atomic E-state index is 12.5. The van der Waals surface area contributed by atoms with Crippen molar-refractivity contribution in [1.29, 1.82) is 5.41 Å². The van der Waals surface area contributed by atoms with Crippen LogP contribution in [0.25, 0.3) is 5.70 Å². The predicted octanol–water partition coefficient (Wildman–Crippen LogP) is 6.72. The van der Waals surface area contributed by atoms with Crippen LogP contribution in [0.1, 0.15) is 74.9 Å². The monoisotopic (exact) mass is 578 g/mol. The largest absolute Gasteiger partial charge is 0.496 e. The Morgan fingerprint density at radius 3 is 2.12 bits per heavy atom. The van der Waals surface area contributed by atoms with Crippen molar-refractivity contribution in [3.05, 3.63) is 89.7 Å². The smallest absolute Gasteiger partial charge is 0.325 e. The van der Waals surface area contributed by atoms with Gasteiger partial charge in [0.2, 0.25) is 5.91 Å². The number of carbonyl (C=O) groups excluding carboxylic acids is 2. The van der Waals surface area contributed by atoms with Crippen LogP contribution in [-0.4, -0.2) is 42.8 Å². The third-order valence-corrected chi connectivity index (χ3v) is 5.86. The summed E-state index contributed by atoms with van der Waals surface area (Å²) in [6, 6.07) is 11.2. The Morgan fingerprint density at radius 2 is 1.62 bits per heavy atom. The average Bonchev–Trinajstić information content (AvgIpc) is 3.00. The molecule has 42 heavy (non-hydrogen) atoms. The molecule has 0 radical (unpaired) electrons. The summed E-state index contributed by atoms with van der Waals surface area (Å²) < 4.78 is 5.43. The van der Waals surface area contributed by atoms with Crippen LogP contribution in [0.5, 0.6) is 5.75 Å². The fourth-order valence-electron chi connectivity index (χ4n) is 3.25. The first-order valence-electron chi connectivity index (χ1n) is 13.8. The number of benzene rings is 2. The van der Waals surface area contributed by atoms with Crippen molar-refractivity contribution in [1.82, 2.24) is 10.6 Å². The fourth-order valence-corrected chi connectivity index (χ4v) is 3.25. The summed E-state index contributed by atoms with van der Waals surface area (Å²) in [5.74, 6) is -1.05. The number of amides is 2. The van der Waals surface area contributed by atoms with Gasteiger partial charge < -0.3 is 31.2 Å². The first-order valence-corrected chi connectivity index (χ1v) is 13.8. The number of anilines is 1. The SMILES string of the molecule is C=C/C=C(\N/C(=C\CC(=O)Nc1ccc(C(=O)NC(C)C(=O)O)cc1)CC)c1ccc(C)c(OC)c1.C=N.CCCC. The molecular formula is C33H46N4O5. The highest BCUT2D eigenvalue weighted by atomic mass is 16.5. The molecule has 5 N–H and O–H groups in total. The molecule has 0 spiro atoms. The molecule has 1 unspecified atom stereocenters. The quantitative estimate of drug-likeness (QED) is 0.132. The number of methoxy groups -OCH3 is 1. The lowest BCUT2D eigenvalue weighted by molar-refractivity contribution is -0.138. The van der Waals surface area contributed by atoms with Crippen LogP contribution in [0.4, 0.5) is 5.69 Å². The van der Waals surface area contributed by atoms with E-state index >= 15 is 0 Å². The third kappa shape index (κ3) is 13.6. The second-order valence-electron chi connectivity index (χ2n) is 9.07. The van der Waals surface area contributed by atoms with E-state index in [1.807, 2.05) is 44.2 Å². The van der Waals surface area contributed by atoms with Gasteiger partial charge in [-0.15, -0.1) is 0 Å². The van der Waals surface area contributed by atoms with Gasteiger partial charge in [-0.2, -0.15) is 0 Å². The Morgan fingerprint density at radius 1 is 1.02 bits per heavy atom. The van der Waals surface area contributed by atoms with Crippen LogP contribution >= 0.6 is 0 Å². The minimum Gasteiger partial charge on any atom is -0.496 e.